The minimum absolute atomic E-state index is 0.693. The van der Waals surface area contributed by atoms with Crippen LogP contribution in [-0.2, 0) is 6.54 Å². The van der Waals surface area contributed by atoms with Crippen molar-refractivity contribution in [2.75, 3.05) is 19.6 Å². The van der Waals surface area contributed by atoms with E-state index in [1.165, 1.54) is 25.2 Å². The van der Waals surface area contributed by atoms with Gasteiger partial charge in [0.15, 0.2) is 6.04 Å². The van der Waals surface area contributed by atoms with Crippen molar-refractivity contribution in [3.05, 3.63) is 34.9 Å². The van der Waals surface area contributed by atoms with Crippen molar-refractivity contribution < 1.29 is 10.2 Å². The van der Waals surface area contributed by atoms with Crippen LogP contribution in [0.3, 0.4) is 0 Å². The first kappa shape index (κ1) is 11.6. The van der Waals surface area contributed by atoms with E-state index in [2.05, 4.69) is 44.3 Å². The molecule has 0 saturated carbocycles. The van der Waals surface area contributed by atoms with E-state index in [0.29, 0.717) is 6.04 Å². The largest absolute Gasteiger partial charge is 0.337 e. The molecular formula is C14H24N2+2. The Bertz CT molecular complexity index is 356. The fraction of sp³-hybridized carbons (Fsp3) is 0.571. The highest BCUT2D eigenvalue weighted by molar-refractivity contribution is 5.33. The molecule has 1 aliphatic rings. The average molecular weight is 220 g/mol. The van der Waals surface area contributed by atoms with Crippen LogP contribution in [0, 0.1) is 6.92 Å². The number of nitrogens with two attached hydrogens (primary N) is 1. The maximum absolute atomic E-state index is 2.45. The molecule has 16 heavy (non-hydrogen) atoms. The molecule has 3 N–H and O–H groups in total. The number of benzene rings is 1. The monoisotopic (exact) mass is 220 g/mol. The maximum atomic E-state index is 2.45. The quantitative estimate of drug-likeness (QED) is 0.718. The van der Waals surface area contributed by atoms with Crippen LogP contribution in [0.2, 0.25) is 0 Å². The molecule has 0 aromatic heterocycles. The fourth-order valence-corrected chi connectivity index (χ4v) is 2.89. The number of fused-ring (bicyclic) bond motifs is 1. The van der Waals surface area contributed by atoms with Crippen LogP contribution in [0.4, 0.5) is 0 Å². The van der Waals surface area contributed by atoms with E-state index in [0.717, 1.165) is 6.54 Å². The van der Waals surface area contributed by atoms with Crippen molar-refractivity contribution in [2.24, 2.45) is 0 Å². The van der Waals surface area contributed by atoms with Gasteiger partial charge in [0.2, 0.25) is 0 Å². The van der Waals surface area contributed by atoms with Gasteiger partial charge >= 0.3 is 0 Å². The molecule has 0 radical (unpaired) electrons. The van der Waals surface area contributed by atoms with Gasteiger partial charge in [-0.25, -0.2) is 0 Å². The predicted octanol–water partition coefficient (Wildman–Crippen LogP) is 0.0378. The summed E-state index contributed by atoms with van der Waals surface area (Å²) in [7, 11) is 0. The van der Waals surface area contributed by atoms with Crippen LogP contribution >= 0.6 is 0 Å². The van der Waals surface area contributed by atoms with Gasteiger partial charge in [-0.2, -0.15) is 0 Å². The van der Waals surface area contributed by atoms with Crippen molar-refractivity contribution >= 4 is 0 Å². The molecule has 88 valence electrons. The Hall–Kier alpha value is -0.860. The van der Waals surface area contributed by atoms with Gasteiger partial charge < -0.3 is 10.2 Å². The Morgan fingerprint density at radius 1 is 1.31 bits per heavy atom. The third-order valence-corrected chi connectivity index (χ3v) is 3.84. The maximum Gasteiger partial charge on any atom is 0.163 e. The Morgan fingerprint density at radius 2 is 2.06 bits per heavy atom. The van der Waals surface area contributed by atoms with E-state index >= 15 is 0 Å². The SMILES string of the molecule is CC[NH+](CC)[C@@H]1C[NH2+]Cc2ccc(C)cc21. The minimum Gasteiger partial charge on any atom is -0.337 e. The first-order valence-corrected chi connectivity index (χ1v) is 6.52. The van der Waals surface area contributed by atoms with Crippen molar-refractivity contribution in [3.63, 3.8) is 0 Å². The highest BCUT2D eigenvalue weighted by atomic mass is 15.2. The predicted molar refractivity (Wildman–Crippen MR) is 66.5 cm³/mol. The van der Waals surface area contributed by atoms with Crippen molar-refractivity contribution in [2.45, 2.75) is 33.4 Å². The van der Waals surface area contributed by atoms with Crippen molar-refractivity contribution in [1.82, 2.24) is 0 Å². The molecule has 0 saturated heterocycles. The van der Waals surface area contributed by atoms with E-state index in [1.807, 2.05) is 0 Å². The lowest BCUT2D eigenvalue weighted by Gasteiger charge is -2.30. The third-order valence-electron chi connectivity index (χ3n) is 3.84. The first-order valence-electron chi connectivity index (χ1n) is 6.52. The molecule has 1 heterocycles. The average Bonchev–Trinajstić information content (AvgIpc) is 2.31. The lowest BCUT2D eigenvalue weighted by molar-refractivity contribution is -0.945. The smallest absolute Gasteiger partial charge is 0.163 e. The van der Waals surface area contributed by atoms with Gasteiger partial charge in [-0.3, -0.25) is 0 Å². The second kappa shape index (κ2) is 4.98. The Labute approximate surface area is 98.7 Å². The Balaban J connectivity index is 2.34. The summed E-state index contributed by atoms with van der Waals surface area (Å²) in [5.41, 5.74) is 4.54. The second-order valence-electron chi connectivity index (χ2n) is 4.85. The summed E-state index contributed by atoms with van der Waals surface area (Å²) in [6, 6.07) is 7.65. The molecule has 1 atom stereocenters. The molecule has 0 fully saturated rings. The van der Waals surface area contributed by atoms with Gasteiger partial charge in [0.05, 0.1) is 13.1 Å². The molecule has 2 nitrogen and oxygen atoms in total. The summed E-state index contributed by atoms with van der Waals surface area (Å²) in [5, 5.41) is 2.45. The highest BCUT2D eigenvalue weighted by Crippen LogP contribution is 2.18. The fourth-order valence-electron chi connectivity index (χ4n) is 2.89. The number of likely N-dealkylation sites (N-methyl/N-ethyl adjacent to an activating group) is 1. The molecule has 2 rings (SSSR count). The molecule has 1 aliphatic heterocycles. The Kier molecular flexibility index (Phi) is 3.62. The van der Waals surface area contributed by atoms with Crippen LogP contribution in [0.15, 0.2) is 18.2 Å². The van der Waals surface area contributed by atoms with Crippen LogP contribution in [0.5, 0.6) is 0 Å². The number of nitrogens with one attached hydrogen (secondary N) is 1. The van der Waals surface area contributed by atoms with Crippen LogP contribution in [-0.4, -0.2) is 19.6 Å². The second-order valence-corrected chi connectivity index (χ2v) is 4.85. The van der Waals surface area contributed by atoms with Crippen molar-refractivity contribution in [3.8, 4) is 0 Å². The number of quaternary nitrogens is 2. The first-order chi connectivity index (χ1) is 7.76. The molecule has 2 heteroatoms. The zero-order chi connectivity index (χ0) is 11.5. The molecule has 1 aromatic rings. The number of aryl methyl sites for hydroxylation is 1. The molecule has 0 amide bonds. The van der Waals surface area contributed by atoms with Gasteiger partial charge in [0.25, 0.3) is 0 Å². The summed E-state index contributed by atoms with van der Waals surface area (Å²) in [5.74, 6) is 0. The summed E-state index contributed by atoms with van der Waals surface area (Å²) in [4.78, 5) is 1.71. The van der Waals surface area contributed by atoms with Gasteiger partial charge in [-0.15, -0.1) is 0 Å². The minimum atomic E-state index is 0.693. The summed E-state index contributed by atoms with van der Waals surface area (Å²) >= 11 is 0. The summed E-state index contributed by atoms with van der Waals surface area (Å²) in [6.07, 6.45) is 0. The van der Waals surface area contributed by atoms with E-state index < -0.39 is 0 Å². The zero-order valence-corrected chi connectivity index (χ0v) is 10.7. The molecule has 0 spiro atoms. The van der Waals surface area contributed by atoms with Crippen LogP contribution in [0.1, 0.15) is 36.6 Å². The summed E-state index contributed by atoms with van der Waals surface area (Å²) < 4.78 is 0. The number of rotatable bonds is 3. The lowest BCUT2D eigenvalue weighted by atomic mass is 9.94. The zero-order valence-electron chi connectivity index (χ0n) is 10.7. The van der Waals surface area contributed by atoms with E-state index in [4.69, 9.17) is 0 Å². The van der Waals surface area contributed by atoms with E-state index in [9.17, 15) is 0 Å². The van der Waals surface area contributed by atoms with Crippen LogP contribution < -0.4 is 10.2 Å². The normalized spacial score (nSPS) is 19.9. The highest BCUT2D eigenvalue weighted by Gasteiger charge is 2.29. The van der Waals surface area contributed by atoms with Gasteiger partial charge in [-0.05, 0) is 26.8 Å². The molecular weight excluding hydrogens is 196 g/mol. The summed E-state index contributed by atoms with van der Waals surface area (Å²) in [6.45, 7) is 11.6. The van der Waals surface area contributed by atoms with Crippen molar-refractivity contribution in [1.29, 1.82) is 0 Å². The molecule has 0 unspecified atom stereocenters. The number of hydrogen-bond acceptors (Lipinski definition) is 0. The third kappa shape index (κ3) is 2.13. The molecule has 0 aliphatic carbocycles. The van der Waals surface area contributed by atoms with Gasteiger partial charge in [0, 0.05) is 11.1 Å². The van der Waals surface area contributed by atoms with Crippen LogP contribution in [0.25, 0.3) is 0 Å². The standard InChI is InChI=1S/C14H22N2/c1-4-16(5-2)14-10-15-9-12-7-6-11(3)8-13(12)14/h6-8,14-15H,4-5,9-10H2,1-3H3/p+2/t14-/m1/s1. The molecule has 1 aromatic carbocycles. The Morgan fingerprint density at radius 3 is 2.75 bits per heavy atom. The topological polar surface area (TPSA) is 21.1 Å². The number of hydrogen-bond donors (Lipinski definition) is 2. The molecule has 0 bridgehead atoms. The lowest BCUT2D eigenvalue weighted by Crippen LogP contribution is -3.14. The van der Waals surface area contributed by atoms with Gasteiger partial charge in [-0.1, -0.05) is 17.7 Å². The van der Waals surface area contributed by atoms with Gasteiger partial charge in [0.1, 0.15) is 13.1 Å². The van der Waals surface area contributed by atoms with E-state index in [-0.39, 0.29) is 0 Å². The van der Waals surface area contributed by atoms with E-state index in [1.54, 1.807) is 16.0 Å².